The number of likely N-dealkylation sites (N-methyl/N-ethyl adjacent to an activating group) is 1. The highest BCUT2D eigenvalue weighted by Crippen LogP contribution is 2.20. The Balaban J connectivity index is 2.25. The Morgan fingerprint density at radius 1 is 1.40 bits per heavy atom. The lowest BCUT2D eigenvalue weighted by atomic mass is 10.1. The third-order valence-corrected chi connectivity index (χ3v) is 3.97. The molecule has 2 heterocycles. The number of nitrogens with zero attached hydrogens (tertiary/aromatic N) is 3. The van der Waals surface area contributed by atoms with Crippen molar-refractivity contribution in [3.63, 3.8) is 0 Å². The van der Waals surface area contributed by atoms with Gasteiger partial charge in [0.2, 0.25) is 0 Å². The summed E-state index contributed by atoms with van der Waals surface area (Å²) in [6, 6.07) is 1.80. The van der Waals surface area contributed by atoms with Crippen LogP contribution in [-0.2, 0) is 0 Å². The van der Waals surface area contributed by atoms with Gasteiger partial charge in [-0.05, 0) is 27.0 Å². The Kier molecular flexibility index (Phi) is 4.23. The van der Waals surface area contributed by atoms with Crippen LogP contribution in [0.5, 0.6) is 0 Å². The Labute approximate surface area is 118 Å². The molecule has 1 aromatic rings. The van der Waals surface area contributed by atoms with Crippen molar-refractivity contribution in [1.29, 1.82) is 0 Å². The molecule has 0 aromatic carbocycles. The molecule has 1 aromatic heterocycles. The number of halogens is 1. The molecule has 0 bridgehead atoms. The van der Waals surface area contributed by atoms with Gasteiger partial charge in [0.25, 0.3) is 5.91 Å². The molecule has 6 heteroatoms. The molecule has 0 saturated carbocycles. The van der Waals surface area contributed by atoms with Gasteiger partial charge in [-0.2, -0.15) is 0 Å². The fraction of sp³-hybridized carbons (Fsp3) is 0.571. The number of pyridine rings is 1. The van der Waals surface area contributed by atoms with Crippen molar-refractivity contribution in [2.45, 2.75) is 25.9 Å². The second kappa shape index (κ2) is 5.75. The van der Waals surface area contributed by atoms with E-state index in [4.69, 9.17) is 0 Å². The molecular formula is C14H21FN4O. The number of carbonyl (C=O) groups is 1. The van der Waals surface area contributed by atoms with Gasteiger partial charge in [-0.25, -0.2) is 9.37 Å². The standard InChI is InChI=1S/C14H21FN4O/c1-9-7-19(8-10(2)18(9)4)14(20)12-5-11(15)6-17-13(12)16-3/h5-6,9-10H,7-8H2,1-4H3,(H,16,17). The second-order valence-electron chi connectivity index (χ2n) is 5.37. The zero-order valence-electron chi connectivity index (χ0n) is 12.4. The van der Waals surface area contributed by atoms with Crippen LogP contribution in [0.25, 0.3) is 0 Å². The number of hydrogen-bond acceptors (Lipinski definition) is 4. The SMILES string of the molecule is CNc1ncc(F)cc1C(=O)N1CC(C)N(C)C(C)C1. The van der Waals surface area contributed by atoms with Gasteiger partial charge in [-0.3, -0.25) is 9.69 Å². The third-order valence-electron chi connectivity index (χ3n) is 3.97. The summed E-state index contributed by atoms with van der Waals surface area (Å²) in [6.45, 7) is 5.44. The summed E-state index contributed by atoms with van der Waals surface area (Å²) < 4.78 is 13.4. The number of carbonyl (C=O) groups excluding carboxylic acids is 1. The summed E-state index contributed by atoms with van der Waals surface area (Å²) in [5.74, 6) is -0.258. The predicted octanol–water partition coefficient (Wildman–Crippen LogP) is 1.43. The molecule has 20 heavy (non-hydrogen) atoms. The first-order valence-corrected chi connectivity index (χ1v) is 6.78. The van der Waals surface area contributed by atoms with E-state index in [0.717, 1.165) is 6.20 Å². The Morgan fingerprint density at radius 2 is 2.00 bits per heavy atom. The first-order valence-electron chi connectivity index (χ1n) is 6.78. The van der Waals surface area contributed by atoms with Gasteiger partial charge in [0.1, 0.15) is 11.6 Å². The minimum absolute atomic E-state index is 0.173. The Morgan fingerprint density at radius 3 is 2.55 bits per heavy atom. The smallest absolute Gasteiger partial charge is 0.257 e. The monoisotopic (exact) mass is 280 g/mol. The number of amides is 1. The van der Waals surface area contributed by atoms with Crippen LogP contribution in [0.1, 0.15) is 24.2 Å². The van der Waals surface area contributed by atoms with Gasteiger partial charge in [0.15, 0.2) is 0 Å². The Hall–Kier alpha value is -1.69. The van der Waals surface area contributed by atoms with Crippen LogP contribution < -0.4 is 5.32 Å². The summed E-state index contributed by atoms with van der Waals surface area (Å²) in [4.78, 5) is 20.5. The zero-order valence-corrected chi connectivity index (χ0v) is 12.4. The summed E-state index contributed by atoms with van der Waals surface area (Å²) in [7, 11) is 3.73. The molecule has 0 radical (unpaired) electrons. The second-order valence-corrected chi connectivity index (χ2v) is 5.37. The number of rotatable bonds is 2. The molecule has 2 rings (SSSR count). The molecule has 0 aliphatic carbocycles. The maximum absolute atomic E-state index is 13.4. The quantitative estimate of drug-likeness (QED) is 0.890. The number of hydrogen-bond donors (Lipinski definition) is 1. The fourth-order valence-corrected chi connectivity index (χ4v) is 2.54. The molecule has 0 spiro atoms. The predicted molar refractivity (Wildman–Crippen MR) is 76.3 cm³/mol. The maximum atomic E-state index is 13.4. The van der Waals surface area contributed by atoms with Gasteiger partial charge < -0.3 is 10.2 Å². The number of anilines is 1. The first-order chi connectivity index (χ1) is 9.43. The lowest BCUT2D eigenvalue weighted by Crippen LogP contribution is -2.56. The van der Waals surface area contributed by atoms with E-state index in [1.165, 1.54) is 6.07 Å². The minimum Gasteiger partial charge on any atom is -0.372 e. The highest BCUT2D eigenvalue weighted by Gasteiger charge is 2.31. The van der Waals surface area contributed by atoms with Crippen LogP contribution in [0.4, 0.5) is 10.2 Å². The van der Waals surface area contributed by atoms with E-state index in [0.29, 0.717) is 18.9 Å². The molecular weight excluding hydrogens is 259 g/mol. The van der Waals surface area contributed by atoms with Crippen LogP contribution in [0.2, 0.25) is 0 Å². The van der Waals surface area contributed by atoms with E-state index in [-0.39, 0.29) is 23.6 Å². The van der Waals surface area contributed by atoms with Crippen molar-refractivity contribution in [3.05, 3.63) is 23.6 Å². The van der Waals surface area contributed by atoms with E-state index >= 15 is 0 Å². The van der Waals surface area contributed by atoms with Crippen LogP contribution in [0.15, 0.2) is 12.3 Å². The Bertz CT molecular complexity index is 496. The van der Waals surface area contributed by atoms with E-state index in [1.807, 2.05) is 0 Å². The fourth-order valence-electron chi connectivity index (χ4n) is 2.54. The van der Waals surface area contributed by atoms with Gasteiger partial charge in [-0.1, -0.05) is 0 Å². The molecule has 110 valence electrons. The zero-order chi connectivity index (χ0) is 14.9. The number of aromatic nitrogens is 1. The molecule has 1 N–H and O–H groups in total. The minimum atomic E-state index is -0.498. The van der Waals surface area contributed by atoms with Crippen LogP contribution >= 0.6 is 0 Å². The molecule has 2 unspecified atom stereocenters. The highest BCUT2D eigenvalue weighted by molar-refractivity contribution is 5.98. The maximum Gasteiger partial charge on any atom is 0.257 e. The summed E-state index contributed by atoms with van der Waals surface area (Å²) in [6.07, 6.45) is 1.11. The number of piperazine rings is 1. The molecule has 5 nitrogen and oxygen atoms in total. The average molecular weight is 280 g/mol. The average Bonchev–Trinajstić information content (AvgIpc) is 2.43. The number of nitrogens with one attached hydrogen (secondary N) is 1. The largest absolute Gasteiger partial charge is 0.372 e. The topological polar surface area (TPSA) is 48.5 Å². The van der Waals surface area contributed by atoms with Crippen molar-refractivity contribution in [3.8, 4) is 0 Å². The molecule has 1 saturated heterocycles. The van der Waals surface area contributed by atoms with Crippen LogP contribution in [0.3, 0.4) is 0 Å². The van der Waals surface area contributed by atoms with Gasteiger partial charge in [0.05, 0.1) is 11.8 Å². The lowest BCUT2D eigenvalue weighted by molar-refractivity contribution is 0.0414. The molecule has 1 aliphatic rings. The van der Waals surface area contributed by atoms with Crippen LogP contribution in [0, 0.1) is 5.82 Å². The first kappa shape index (κ1) is 14.7. The summed E-state index contributed by atoms with van der Waals surface area (Å²) >= 11 is 0. The van der Waals surface area contributed by atoms with Gasteiger partial charge in [-0.15, -0.1) is 0 Å². The van der Waals surface area contributed by atoms with E-state index in [1.54, 1.807) is 11.9 Å². The van der Waals surface area contributed by atoms with Gasteiger partial charge >= 0.3 is 0 Å². The van der Waals surface area contributed by atoms with Crippen molar-refractivity contribution in [2.75, 3.05) is 32.5 Å². The van der Waals surface area contributed by atoms with E-state index in [2.05, 4.69) is 36.1 Å². The van der Waals surface area contributed by atoms with E-state index in [9.17, 15) is 9.18 Å². The summed E-state index contributed by atoms with van der Waals surface area (Å²) in [5, 5.41) is 2.84. The van der Waals surface area contributed by atoms with E-state index < -0.39 is 5.82 Å². The molecule has 1 amide bonds. The van der Waals surface area contributed by atoms with Crippen molar-refractivity contribution in [2.24, 2.45) is 0 Å². The van der Waals surface area contributed by atoms with Crippen LogP contribution in [-0.4, -0.2) is 60.0 Å². The summed E-state index contributed by atoms with van der Waals surface area (Å²) in [5.41, 5.74) is 0.288. The highest BCUT2D eigenvalue weighted by atomic mass is 19.1. The van der Waals surface area contributed by atoms with Crippen molar-refractivity contribution in [1.82, 2.24) is 14.8 Å². The van der Waals surface area contributed by atoms with Crippen molar-refractivity contribution < 1.29 is 9.18 Å². The molecule has 2 atom stereocenters. The molecule has 1 fully saturated rings. The van der Waals surface area contributed by atoms with Crippen molar-refractivity contribution >= 4 is 11.7 Å². The third kappa shape index (κ3) is 2.75. The van der Waals surface area contributed by atoms with Gasteiger partial charge in [0, 0.05) is 32.2 Å². The molecule has 1 aliphatic heterocycles. The normalized spacial score (nSPS) is 23.8. The lowest BCUT2D eigenvalue weighted by Gasteiger charge is -2.42.